The molecule has 0 saturated carbocycles. The molecule has 1 aliphatic carbocycles. The van der Waals surface area contributed by atoms with Gasteiger partial charge in [0.25, 0.3) is 0 Å². The van der Waals surface area contributed by atoms with E-state index in [2.05, 4.69) is 10.1 Å². The summed E-state index contributed by atoms with van der Waals surface area (Å²) in [7, 11) is 1.30. The van der Waals surface area contributed by atoms with Crippen LogP contribution in [0.15, 0.2) is 36.4 Å². The Labute approximate surface area is 193 Å². The summed E-state index contributed by atoms with van der Waals surface area (Å²) in [5.74, 6) is -0.369. The molecule has 1 spiro atoms. The van der Waals surface area contributed by atoms with Crippen molar-refractivity contribution in [2.45, 2.75) is 50.0 Å². The van der Waals surface area contributed by atoms with Gasteiger partial charge in [-0.1, -0.05) is 37.3 Å². The quantitative estimate of drug-likeness (QED) is 0.492. The number of benzene rings is 2. The summed E-state index contributed by atoms with van der Waals surface area (Å²) in [6.07, 6.45) is 3.42. The number of aryl methyl sites for hydroxylation is 1. The monoisotopic (exact) mass is 454 g/mol. The Kier molecular flexibility index (Phi) is 6.43. The van der Waals surface area contributed by atoms with E-state index in [1.807, 2.05) is 31.2 Å². The molecule has 1 heterocycles. The maximum atomic E-state index is 15.3. The number of methoxy groups -OCH3 is 1. The number of fused-ring (bicyclic) bond motifs is 2. The van der Waals surface area contributed by atoms with Gasteiger partial charge in [0.05, 0.1) is 7.11 Å². The third-order valence-electron chi connectivity index (χ3n) is 7.34. The second kappa shape index (κ2) is 9.14. The molecule has 0 aromatic heterocycles. The van der Waals surface area contributed by atoms with Crippen LogP contribution in [-0.4, -0.2) is 49.3 Å². The number of halogens is 1. The standard InChI is InChI=1S/C26H31FN2O4/c1-3-18-7-4-8-19(15-18)22-21(27)10-9-20-23(22)26(32,12-5-13-28-24(31)33-2)25(20)11-6-14-29(16-25)17-30/h4,7-10,15,17,32H,3,5-6,11-14,16H2,1-2H3,(H,28,31)/t25-,26-/m1/s1. The number of likely N-dealkylation sites (tertiary alicyclic amines) is 1. The Bertz CT molecular complexity index is 1060. The predicted molar refractivity (Wildman–Crippen MR) is 123 cm³/mol. The lowest BCUT2D eigenvalue weighted by atomic mass is 9.47. The number of nitrogens with zero attached hydrogens (tertiary/aromatic N) is 1. The average molecular weight is 455 g/mol. The van der Waals surface area contributed by atoms with Gasteiger partial charge in [-0.3, -0.25) is 4.79 Å². The minimum atomic E-state index is -1.32. The smallest absolute Gasteiger partial charge is 0.406 e. The van der Waals surface area contributed by atoms with E-state index in [0.717, 1.165) is 35.9 Å². The van der Waals surface area contributed by atoms with E-state index < -0.39 is 17.1 Å². The van der Waals surface area contributed by atoms with E-state index >= 15 is 4.39 Å². The van der Waals surface area contributed by atoms with Crippen LogP contribution in [0.5, 0.6) is 0 Å². The van der Waals surface area contributed by atoms with Crippen LogP contribution in [0.2, 0.25) is 0 Å². The first kappa shape index (κ1) is 23.2. The van der Waals surface area contributed by atoms with Crippen molar-refractivity contribution in [1.82, 2.24) is 10.2 Å². The van der Waals surface area contributed by atoms with Crippen LogP contribution in [0.4, 0.5) is 9.18 Å². The van der Waals surface area contributed by atoms with E-state index in [9.17, 15) is 14.7 Å². The molecular weight excluding hydrogens is 423 g/mol. The first-order valence-electron chi connectivity index (χ1n) is 11.6. The highest BCUT2D eigenvalue weighted by Crippen LogP contribution is 2.63. The lowest BCUT2D eigenvalue weighted by Crippen LogP contribution is -2.65. The Hall–Kier alpha value is -2.93. The van der Waals surface area contributed by atoms with Gasteiger partial charge in [-0.15, -0.1) is 0 Å². The second-order valence-corrected chi connectivity index (χ2v) is 9.04. The molecule has 6 nitrogen and oxygen atoms in total. The van der Waals surface area contributed by atoms with Gasteiger partial charge in [0.2, 0.25) is 6.41 Å². The van der Waals surface area contributed by atoms with Gasteiger partial charge in [-0.05, 0) is 60.4 Å². The molecule has 0 bridgehead atoms. The summed E-state index contributed by atoms with van der Waals surface area (Å²) in [6, 6.07) is 11.0. The molecule has 2 aromatic rings. The topological polar surface area (TPSA) is 78.9 Å². The van der Waals surface area contributed by atoms with Gasteiger partial charge in [0.1, 0.15) is 11.4 Å². The zero-order chi connectivity index (χ0) is 23.6. The lowest BCUT2D eigenvalue weighted by Gasteiger charge is -2.61. The van der Waals surface area contributed by atoms with E-state index in [0.29, 0.717) is 50.0 Å². The van der Waals surface area contributed by atoms with E-state index in [-0.39, 0.29) is 5.82 Å². The third kappa shape index (κ3) is 3.78. The van der Waals surface area contributed by atoms with Crippen LogP contribution in [0.3, 0.4) is 0 Å². The molecule has 0 radical (unpaired) electrons. The van der Waals surface area contributed by atoms with Crippen molar-refractivity contribution in [3.05, 3.63) is 58.9 Å². The van der Waals surface area contributed by atoms with Gasteiger partial charge in [-0.2, -0.15) is 0 Å². The minimum absolute atomic E-state index is 0.327. The number of ether oxygens (including phenoxy) is 1. The molecule has 4 rings (SSSR count). The largest absolute Gasteiger partial charge is 0.453 e. The summed E-state index contributed by atoms with van der Waals surface area (Å²) in [5.41, 5.74) is 1.82. The molecule has 1 fully saturated rings. The first-order valence-corrected chi connectivity index (χ1v) is 11.6. The van der Waals surface area contributed by atoms with E-state index in [1.165, 1.54) is 13.2 Å². The molecule has 1 aliphatic heterocycles. The Morgan fingerprint density at radius 3 is 2.88 bits per heavy atom. The summed E-state index contributed by atoms with van der Waals surface area (Å²) >= 11 is 0. The lowest BCUT2D eigenvalue weighted by molar-refractivity contribution is -0.134. The summed E-state index contributed by atoms with van der Waals surface area (Å²) in [5, 5.41) is 14.9. The molecule has 2 aliphatic rings. The summed E-state index contributed by atoms with van der Waals surface area (Å²) < 4.78 is 19.9. The Balaban J connectivity index is 1.79. The maximum absolute atomic E-state index is 15.3. The number of hydrogen-bond donors (Lipinski definition) is 2. The SMILES string of the molecule is CCc1cccc(-c2c(F)ccc3c2[C@](O)(CCCNC(=O)OC)[C@@]32CCCN(C=O)C2)c1. The number of nitrogens with one attached hydrogen (secondary N) is 1. The molecule has 7 heteroatoms. The fourth-order valence-electron chi connectivity index (χ4n) is 5.74. The third-order valence-corrected chi connectivity index (χ3v) is 7.34. The predicted octanol–water partition coefficient (Wildman–Crippen LogP) is 3.88. The minimum Gasteiger partial charge on any atom is -0.453 e. The molecule has 2 aromatic carbocycles. The average Bonchev–Trinajstić information content (AvgIpc) is 2.85. The first-order chi connectivity index (χ1) is 15.9. The molecular formula is C26H31FN2O4. The van der Waals surface area contributed by atoms with Crippen LogP contribution in [0.1, 0.15) is 49.3 Å². The highest BCUT2D eigenvalue weighted by atomic mass is 19.1. The van der Waals surface area contributed by atoms with Crippen LogP contribution in [-0.2, 0) is 27.0 Å². The number of rotatable bonds is 7. The van der Waals surface area contributed by atoms with E-state index in [1.54, 1.807) is 11.0 Å². The molecule has 33 heavy (non-hydrogen) atoms. The Morgan fingerprint density at radius 2 is 2.15 bits per heavy atom. The van der Waals surface area contributed by atoms with Crippen LogP contribution in [0.25, 0.3) is 11.1 Å². The molecule has 2 N–H and O–H groups in total. The van der Waals surface area contributed by atoms with Gasteiger partial charge < -0.3 is 20.1 Å². The molecule has 2 amide bonds. The number of carbonyl (C=O) groups is 2. The second-order valence-electron chi connectivity index (χ2n) is 9.04. The molecule has 0 unspecified atom stereocenters. The van der Waals surface area contributed by atoms with Crippen LogP contribution < -0.4 is 5.32 Å². The van der Waals surface area contributed by atoms with Gasteiger partial charge in [-0.25, -0.2) is 9.18 Å². The van der Waals surface area contributed by atoms with Crippen molar-refractivity contribution in [2.24, 2.45) is 0 Å². The van der Waals surface area contributed by atoms with Crippen molar-refractivity contribution in [3.8, 4) is 11.1 Å². The van der Waals surface area contributed by atoms with Crippen LogP contribution in [0, 0.1) is 5.82 Å². The van der Waals surface area contributed by atoms with Crippen molar-refractivity contribution in [3.63, 3.8) is 0 Å². The van der Waals surface area contributed by atoms with Crippen molar-refractivity contribution in [1.29, 1.82) is 0 Å². The number of carbonyl (C=O) groups excluding carboxylic acids is 2. The highest BCUT2D eigenvalue weighted by Gasteiger charge is 2.64. The highest BCUT2D eigenvalue weighted by molar-refractivity contribution is 5.77. The number of aliphatic hydroxyl groups is 1. The zero-order valence-electron chi connectivity index (χ0n) is 19.2. The van der Waals surface area contributed by atoms with E-state index in [4.69, 9.17) is 0 Å². The fraction of sp³-hybridized carbons (Fsp3) is 0.462. The van der Waals surface area contributed by atoms with Crippen LogP contribution >= 0.6 is 0 Å². The summed E-state index contributed by atoms with van der Waals surface area (Å²) in [6.45, 7) is 3.42. The molecule has 176 valence electrons. The van der Waals surface area contributed by atoms with Crippen molar-refractivity contribution in [2.75, 3.05) is 26.7 Å². The van der Waals surface area contributed by atoms with Gasteiger partial charge in [0.15, 0.2) is 0 Å². The van der Waals surface area contributed by atoms with Gasteiger partial charge >= 0.3 is 6.09 Å². The molecule has 1 saturated heterocycles. The maximum Gasteiger partial charge on any atom is 0.406 e. The van der Waals surface area contributed by atoms with Crippen molar-refractivity contribution < 1.29 is 23.8 Å². The number of hydrogen-bond acceptors (Lipinski definition) is 4. The fourth-order valence-corrected chi connectivity index (χ4v) is 5.74. The molecule has 2 atom stereocenters. The number of piperidine rings is 1. The number of alkyl carbamates (subject to hydrolysis) is 1. The normalized spacial score (nSPS) is 23.6. The summed E-state index contributed by atoms with van der Waals surface area (Å²) in [4.78, 5) is 24.8. The van der Waals surface area contributed by atoms with Gasteiger partial charge in [0, 0.05) is 30.6 Å². The van der Waals surface area contributed by atoms with Crippen molar-refractivity contribution >= 4 is 12.5 Å². The number of amides is 2. The zero-order valence-corrected chi connectivity index (χ0v) is 19.2. The Morgan fingerprint density at radius 1 is 1.33 bits per heavy atom.